The predicted molar refractivity (Wildman–Crippen MR) is 76.0 cm³/mol. The van der Waals surface area contributed by atoms with Crippen LogP contribution in [0.15, 0.2) is 30.6 Å². The zero-order valence-corrected chi connectivity index (χ0v) is 11.6. The van der Waals surface area contributed by atoms with Crippen LogP contribution in [0.25, 0.3) is 4.96 Å². The predicted octanol–water partition coefficient (Wildman–Crippen LogP) is 2.16. The number of anilines is 1. The van der Waals surface area contributed by atoms with Crippen molar-refractivity contribution < 1.29 is 4.79 Å². The maximum absolute atomic E-state index is 11.7. The van der Waals surface area contributed by atoms with E-state index in [0.29, 0.717) is 22.2 Å². The monoisotopic (exact) mass is 308 g/mol. The molecule has 0 bridgehead atoms. The first-order chi connectivity index (χ1) is 9.70. The van der Waals surface area contributed by atoms with Gasteiger partial charge in [0.05, 0.1) is 6.54 Å². The summed E-state index contributed by atoms with van der Waals surface area (Å²) in [5.74, 6) is 0. The highest BCUT2D eigenvalue weighted by atomic mass is 35.5. The van der Waals surface area contributed by atoms with Crippen LogP contribution in [0.5, 0.6) is 0 Å². The van der Waals surface area contributed by atoms with Gasteiger partial charge in [-0.3, -0.25) is 0 Å². The van der Waals surface area contributed by atoms with E-state index in [9.17, 15) is 4.79 Å². The van der Waals surface area contributed by atoms with Gasteiger partial charge in [0.2, 0.25) is 4.96 Å². The molecule has 0 fully saturated rings. The van der Waals surface area contributed by atoms with Crippen molar-refractivity contribution in [1.82, 2.24) is 25.1 Å². The minimum Gasteiger partial charge on any atom is -0.331 e. The SMILES string of the molecule is O=C(NCc1nn2cnnc2s1)Nc1cccc(Cl)c1. The van der Waals surface area contributed by atoms with E-state index in [1.54, 1.807) is 28.8 Å². The number of rotatable bonds is 3. The standard InChI is InChI=1S/C11H9ClN6OS/c12-7-2-1-3-8(4-7)15-10(19)13-5-9-17-18-6-14-16-11(18)20-9/h1-4,6H,5H2,(H2,13,15,19). The third kappa shape index (κ3) is 2.86. The minimum atomic E-state index is -0.321. The summed E-state index contributed by atoms with van der Waals surface area (Å²) in [6.45, 7) is 0.320. The highest BCUT2D eigenvalue weighted by Gasteiger charge is 2.07. The van der Waals surface area contributed by atoms with E-state index in [1.807, 2.05) is 0 Å². The molecule has 2 N–H and O–H groups in total. The van der Waals surface area contributed by atoms with Crippen molar-refractivity contribution in [2.45, 2.75) is 6.54 Å². The van der Waals surface area contributed by atoms with Gasteiger partial charge in [0.15, 0.2) is 0 Å². The molecule has 0 spiro atoms. The van der Waals surface area contributed by atoms with Gasteiger partial charge in [-0.15, -0.1) is 10.2 Å². The van der Waals surface area contributed by atoms with Gasteiger partial charge in [-0.2, -0.15) is 9.61 Å². The number of amides is 2. The van der Waals surface area contributed by atoms with E-state index < -0.39 is 0 Å². The molecule has 0 saturated heterocycles. The van der Waals surface area contributed by atoms with Crippen molar-refractivity contribution >= 4 is 39.6 Å². The largest absolute Gasteiger partial charge is 0.331 e. The fourth-order valence-corrected chi connectivity index (χ4v) is 2.51. The molecule has 2 heterocycles. The Labute approximate surface area is 122 Å². The third-order valence-corrected chi connectivity index (χ3v) is 3.56. The van der Waals surface area contributed by atoms with E-state index in [1.165, 1.54) is 17.7 Å². The second-order valence-electron chi connectivity index (χ2n) is 3.87. The third-order valence-electron chi connectivity index (χ3n) is 2.41. The molecule has 0 aliphatic heterocycles. The smallest absolute Gasteiger partial charge is 0.319 e. The summed E-state index contributed by atoms with van der Waals surface area (Å²) in [5, 5.41) is 18.5. The van der Waals surface area contributed by atoms with Crippen molar-refractivity contribution in [2.75, 3.05) is 5.32 Å². The molecule has 0 saturated carbocycles. The van der Waals surface area contributed by atoms with Gasteiger partial charge in [-0.1, -0.05) is 29.0 Å². The van der Waals surface area contributed by atoms with Crippen molar-refractivity contribution in [3.8, 4) is 0 Å². The Hall–Kier alpha value is -2.19. The van der Waals surface area contributed by atoms with E-state index in [-0.39, 0.29) is 6.03 Å². The van der Waals surface area contributed by atoms with Gasteiger partial charge >= 0.3 is 6.03 Å². The highest BCUT2D eigenvalue weighted by Crippen LogP contribution is 2.15. The molecule has 102 valence electrons. The molecule has 0 aliphatic carbocycles. The lowest BCUT2D eigenvalue weighted by molar-refractivity contribution is 0.251. The van der Waals surface area contributed by atoms with E-state index in [0.717, 1.165) is 5.01 Å². The van der Waals surface area contributed by atoms with E-state index >= 15 is 0 Å². The zero-order chi connectivity index (χ0) is 13.9. The number of benzene rings is 1. The van der Waals surface area contributed by atoms with E-state index in [4.69, 9.17) is 11.6 Å². The average molecular weight is 309 g/mol. The number of hydrogen-bond donors (Lipinski definition) is 2. The first-order valence-corrected chi connectivity index (χ1v) is 6.86. The molecule has 1 aromatic carbocycles. The number of carbonyl (C=O) groups is 1. The summed E-state index contributed by atoms with van der Waals surface area (Å²) in [6, 6.07) is 6.61. The number of aromatic nitrogens is 4. The molecule has 2 aromatic heterocycles. The average Bonchev–Trinajstić information content (AvgIpc) is 2.97. The number of hydrogen-bond acceptors (Lipinski definition) is 5. The van der Waals surface area contributed by atoms with Crippen LogP contribution in [0, 0.1) is 0 Å². The summed E-state index contributed by atoms with van der Waals surface area (Å²) in [6.07, 6.45) is 1.52. The van der Waals surface area contributed by atoms with Crippen LogP contribution >= 0.6 is 22.9 Å². The fraction of sp³-hybridized carbons (Fsp3) is 0.0909. The molecule has 20 heavy (non-hydrogen) atoms. The maximum Gasteiger partial charge on any atom is 0.319 e. The Bertz CT molecular complexity index is 726. The molecular weight excluding hydrogens is 300 g/mol. The van der Waals surface area contributed by atoms with Crippen LogP contribution in [0.2, 0.25) is 5.02 Å². The van der Waals surface area contributed by atoms with Crippen molar-refractivity contribution in [2.24, 2.45) is 0 Å². The molecule has 3 aromatic rings. The Morgan fingerprint density at radius 1 is 1.45 bits per heavy atom. The van der Waals surface area contributed by atoms with Gasteiger partial charge in [-0.05, 0) is 18.2 Å². The number of carbonyl (C=O) groups excluding carboxylic acids is 1. The number of nitrogens with zero attached hydrogens (tertiary/aromatic N) is 4. The molecule has 0 atom stereocenters. The van der Waals surface area contributed by atoms with Gasteiger partial charge in [-0.25, -0.2) is 4.79 Å². The van der Waals surface area contributed by atoms with Crippen LogP contribution in [0.3, 0.4) is 0 Å². The van der Waals surface area contributed by atoms with Crippen LogP contribution in [0.4, 0.5) is 10.5 Å². The van der Waals surface area contributed by atoms with E-state index in [2.05, 4.69) is 25.9 Å². The minimum absolute atomic E-state index is 0.320. The van der Waals surface area contributed by atoms with Gasteiger partial charge in [0, 0.05) is 10.7 Å². The van der Waals surface area contributed by atoms with Crippen LogP contribution in [-0.4, -0.2) is 25.8 Å². The molecule has 0 radical (unpaired) electrons. The Morgan fingerprint density at radius 2 is 2.35 bits per heavy atom. The summed E-state index contributed by atoms with van der Waals surface area (Å²) in [5.41, 5.74) is 0.633. The topological polar surface area (TPSA) is 84.2 Å². The molecular formula is C11H9ClN6OS. The Kier molecular flexibility index (Phi) is 3.48. The van der Waals surface area contributed by atoms with Gasteiger partial charge in [0.1, 0.15) is 11.3 Å². The second kappa shape index (κ2) is 5.43. The molecule has 0 unspecified atom stereocenters. The van der Waals surface area contributed by atoms with Gasteiger partial charge in [0.25, 0.3) is 0 Å². The van der Waals surface area contributed by atoms with Crippen molar-refractivity contribution in [1.29, 1.82) is 0 Å². The van der Waals surface area contributed by atoms with Crippen LogP contribution in [-0.2, 0) is 6.54 Å². The lowest BCUT2D eigenvalue weighted by Crippen LogP contribution is -2.28. The molecule has 0 aliphatic rings. The quantitative estimate of drug-likeness (QED) is 0.776. The lowest BCUT2D eigenvalue weighted by Gasteiger charge is -2.06. The van der Waals surface area contributed by atoms with Gasteiger partial charge < -0.3 is 10.6 Å². The Balaban J connectivity index is 1.58. The zero-order valence-electron chi connectivity index (χ0n) is 10.1. The number of fused-ring (bicyclic) bond motifs is 1. The number of urea groups is 1. The first-order valence-electron chi connectivity index (χ1n) is 5.67. The Morgan fingerprint density at radius 3 is 3.15 bits per heavy atom. The number of halogens is 1. The molecule has 2 amide bonds. The second-order valence-corrected chi connectivity index (χ2v) is 5.35. The highest BCUT2D eigenvalue weighted by molar-refractivity contribution is 7.16. The fourth-order valence-electron chi connectivity index (χ4n) is 1.57. The lowest BCUT2D eigenvalue weighted by atomic mass is 10.3. The van der Waals surface area contributed by atoms with Crippen molar-refractivity contribution in [3.63, 3.8) is 0 Å². The summed E-state index contributed by atoms with van der Waals surface area (Å²) in [4.78, 5) is 12.4. The summed E-state index contributed by atoms with van der Waals surface area (Å²) < 4.78 is 1.57. The molecule has 3 rings (SSSR count). The van der Waals surface area contributed by atoms with Crippen LogP contribution in [0.1, 0.15) is 5.01 Å². The maximum atomic E-state index is 11.7. The normalized spacial score (nSPS) is 10.7. The summed E-state index contributed by atoms with van der Waals surface area (Å²) in [7, 11) is 0. The first kappa shape index (κ1) is 12.8. The molecule has 7 nitrogen and oxygen atoms in total. The number of nitrogens with one attached hydrogen (secondary N) is 2. The van der Waals surface area contributed by atoms with Crippen molar-refractivity contribution in [3.05, 3.63) is 40.6 Å². The summed E-state index contributed by atoms with van der Waals surface area (Å²) >= 11 is 7.21. The van der Waals surface area contributed by atoms with Crippen LogP contribution < -0.4 is 10.6 Å². The molecule has 9 heteroatoms.